The Hall–Kier alpha value is -1.41. The van der Waals surface area contributed by atoms with E-state index in [1.807, 2.05) is 31.2 Å². The molecule has 1 aliphatic rings. The van der Waals surface area contributed by atoms with E-state index in [9.17, 15) is 4.79 Å². The number of carbonyl (C=O) groups is 1. The molecule has 0 fully saturated rings. The predicted molar refractivity (Wildman–Crippen MR) is 60.5 cm³/mol. The SMILES string of the molecule is C[C@H]1C(=O)C=CCN1Cc1ccccc1. The topological polar surface area (TPSA) is 20.3 Å². The van der Waals surface area contributed by atoms with Crippen LogP contribution in [0.5, 0.6) is 0 Å². The normalized spacial score (nSPS) is 21.9. The highest BCUT2D eigenvalue weighted by Gasteiger charge is 2.21. The Balaban J connectivity index is 2.07. The number of carbonyl (C=O) groups excluding carboxylic acids is 1. The second kappa shape index (κ2) is 4.41. The summed E-state index contributed by atoms with van der Waals surface area (Å²) >= 11 is 0. The molecule has 0 saturated carbocycles. The molecule has 2 rings (SSSR count). The summed E-state index contributed by atoms with van der Waals surface area (Å²) in [5, 5.41) is 0. The van der Waals surface area contributed by atoms with Gasteiger partial charge in [-0.05, 0) is 18.6 Å². The van der Waals surface area contributed by atoms with Crippen molar-refractivity contribution in [1.82, 2.24) is 4.90 Å². The third-order valence-corrected chi connectivity index (χ3v) is 2.81. The molecule has 0 amide bonds. The van der Waals surface area contributed by atoms with E-state index in [1.54, 1.807) is 6.08 Å². The molecular weight excluding hydrogens is 186 g/mol. The van der Waals surface area contributed by atoms with Crippen LogP contribution in [-0.4, -0.2) is 23.3 Å². The molecule has 0 aliphatic carbocycles. The van der Waals surface area contributed by atoms with Crippen molar-refractivity contribution in [3.63, 3.8) is 0 Å². The number of ketones is 1. The van der Waals surface area contributed by atoms with E-state index in [0.29, 0.717) is 0 Å². The van der Waals surface area contributed by atoms with Crippen molar-refractivity contribution in [2.45, 2.75) is 19.5 Å². The monoisotopic (exact) mass is 201 g/mol. The number of nitrogens with zero attached hydrogens (tertiary/aromatic N) is 1. The Morgan fingerprint density at radius 2 is 2.07 bits per heavy atom. The van der Waals surface area contributed by atoms with Crippen molar-refractivity contribution in [2.24, 2.45) is 0 Å². The lowest BCUT2D eigenvalue weighted by Crippen LogP contribution is -2.40. The quantitative estimate of drug-likeness (QED) is 0.729. The van der Waals surface area contributed by atoms with Gasteiger partial charge in [0.1, 0.15) is 0 Å². The number of rotatable bonds is 2. The first kappa shape index (κ1) is 10.1. The molecule has 1 aromatic rings. The van der Waals surface area contributed by atoms with Crippen LogP contribution in [0.15, 0.2) is 42.5 Å². The molecule has 0 bridgehead atoms. The maximum Gasteiger partial charge on any atom is 0.172 e. The van der Waals surface area contributed by atoms with Gasteiger partial charge in [-0.1, -0.05) is 36.4 Å². The maximum atomic E-state index is 11.5. The summed E-state index contributed by atoms with van der Waals surface area (Å²) in [5.74, 6) is 0.206. The predicted octanol–water partition coefficient (Wildman–Crippen LogP) is 2.02. The number of hydrogen-bond acceptors (Lipinski definition) is 2. The van der Waals surface area contributed by atoms with Crippen LogP contribution < -0.4 is 0 Å². The van der Waals surface area contributed by atoms with E-state index in [0.717, 1.165) is 13.1 Å². The molecule has 1 aliphatic heterocycles. The Morgan fingerprint density at radius 3 is 2.80 bits per heavy atom. The van der Waals surface area contributed by atoms with Crippen LogP contribution in [0, 0.1) is 0 Å². The van der Waals surface area contributed by atoms with E-state index < -0.39 is 0 Å². The molecule has 1 atom stereocenters. The molecule has 0 aromatic heterocycles. The van der Waals surface area contributed by atoms with E-state index >= 15 is 0 Å². The molecule has 1 heterocycles. The van der Waals surface area contributed by atoms with Crippen LogP contribution in [0.2, 0.25) is 0 Å². The average Bonchev–Trinajstić information content (AvgIpc) is 2.26. The molecule has 78 valence electrons. The first-order chi connectivity index (χ1) is 7.27. The van der Waals surface area contributed by atoms with Gasteiger partial charge < -0.3 is 0 Å². The molecule has 2 heteroatoms. The lowest BCUT2D eigenvalue weighted by molar-refractivity contribution is -0.119. The molecule has 0 N–H and O–H groups in total. The maximum absolute atomic E-state index is 11.5. The second-order valence-electron chi connectivity index (χ2n) is 3.90. The van der Waals surface area contributed by atoms with E-state index in [2.05, 4.69) is 17.0 Å². The first-order valence-electron chi connectivity index (χ1n) is 5.26. The van der Waals surface area contributed by atoms with Crippen LogP contribution in [0.1, 0.15) is 12.5 Å². The zero-order valence-electron chi connectivity index (χ0n) is 8.89. The largest absolute Gasteiger partial charge is 0.293 e. The van der Waals surface area contributed by atoms with Gasteiger partial charge in [0.05, 0.1) is 6.04 Å². The Labute approximate surface area is 90.2 Å². The van der Waals surface area contributed by atoms with Crippen molar-refractivity contribution in [1.29, 1.82) is 0 Å². The van der Waals surface area contributed by atoms with Crippen molar-refractivity contribution < 1.29 is 4.79 Å². The summed E-state index contributed by atoms with van der Waals surface area (Å²) in [7, 11) is 0. The van der Waals surface area contributed by atoms with Gasteiger partial charge in [0, 0.05) is 13.1 Å². The molecule has 0 unspecified atom stereocenters. The van der Waals surface area contributed by atoms with Gasteiger partial charge in [-0.15, -0.1) is 0 Å². The Morgan fingerprint density at radius 1 is 1.33 bits per heavy atom. The van der Waals surface area contributed by atoms with Crippen LogP contribution in [0.3, 0.4) is 0 Å². The first-order valence-corrected chi connectivity index (χ1v) is 5.26. The highest BCUT2D eigenvalue weighted by Crippen LogP contribution is 2.12. The van der Waals surface area contributed by atoms with E-state index in [4.69, 9.17) is 0 Å². The molecule has 0 spiro atoms. The minimum absolute atomic E-state index is 0.00945. The molecule has 1 aromatic carbocycles. The van der Waals surface area contributed by atoms with Crippen molar-refractivity contribution in [2.75, 3.05) is 6.54 Å². The van der Waals surface area contributed by atoms with Gasteiger partial charge in [-0.2, -0.15) is 0 Å². The Kier molecular flexibility index (Phi) is 2.97. The van der Waals surface area contributed by atoms with Gasteiger partial charge in [-0.25, -0.2) is 0 Å². The van der Waals surface area contributed by atoms with Crippen molar-refractivity contribution in [3.05, 3.63) is 48.0 Å². The number of hydrogen-bond donors (Lipinski definition) is 0. The third-order valence-electron chi connectivity index (χ3n) is 2.81. The van der Waals surface area contributed by atoms with Gasteiger partial charge in [0.25, 0.3) is 0 Å². The van der Waals surface area contributed by atoms with Crippen LogP contribution in [0.25, 0.3) is 0 Å². The minimum atomic E-state index is 0.00945. The fourth-order valence-corrected chi connectivity index (χ4v) is 1.80. The van der Waals surface area contributed by atoms with Crippen molar-refractivity contribution in [3.8, 4) is 0 Å². The molecule has 0 radical (unpaired) electrons. The highest BCUT2D eigenvalue weighted by molar-refractivity contribution is 5.94. The fourth-order valence-electron chi connectivity index (χ4n) is 1.80. The van der Waals surface area contributed by atoms with E-state index in [1.165, 1.54) is 5.56 Å². The van der Waals surface area contributed by atoms with Crippen LogP contribution in [-0.2, 0) is 11.3 Å². The van der Waals surface area contributed by atoms with Gasteiger partial charge in [-0.3, -0.25) is 9.69 Å². The smallest absolute Gasteiger partial charge is 0.172 e. The second-order valence-corrected chi connectivity index (χ2v) is 3.90. The summed E-state index contributed by atoms with van der Waals surface area (Å²) in [4.78, 5) is 13.6. The summed E-state index contributed by atoms with van der Waals surface area (Å²) < 4.78 is 0. The lowest BCUT2D eigenvalue weighted by Gasteiger charge is -2.28. The minimum Gasteiger partial charge on any atom is -0.293 e. The third kappa shape index (κ3) is 2.34. The molecule has 0 saturated heterocycles. The fraction of sp³-hybridized carbons (Fsp3) is 0.308. The highest BCUT2D eigenvalue weighted by atomic mass is 16.1. The van der Waals surface area contributed by atoms with Crippen molar-refractivity contribution >= 4 is 5.78 Å². The van der Waals surface area contributed by atoms with Gasteiger partial charge in [0.2, 0.25) is 0 Å². The number of benzene rings is 1. The van der Waals surface area contributed by atoms with Crippen LogP contribution in [0.4, 0.5) is 0 Å². The summed E-state index contributed by atoms with van der Waals surface area (Å²) in [5.41, 5.74) is 1.26. The van der Waals surface area contributed by atoms with Gasteiger partial charge >= 0.3 is 0 Å². The average molecular weight is 201 g/mol. The summed E-state index contributed by atoms with van der Waals surface area (Å²) in [6, 6.07) is 10.3. The molecular formula is C13H15NO. The lowest BCUT2D eigenvalue weighted by atomic mass is 10.1. The summed E-state index contributed by atoms with van der Waals surface area (Å²) in [6.45, 7) is 3.68. The standard InChI is InChI=1S/C13H15NO/c1-11-13(15)8-5-9-14(11)10-12-6-3-2-4-7-12/h2-8,11H,9-10H2,1H3/t11-/m0/s1. The zero-order chi connectivity index (χ0) is 10.7. The molecule has 15 heavy (non-hydrogen) atoms. The zero-order valence-corrected chi connectivity index (χ0v) is 8.89. The van der Waals surface area contributed by atoms with E-state index in [-0.39, 0.29) is 11.8 Å². The summed E-state index contributed by atoms with van der Waals surface area (Å²) in [6.07, 6.45) is 3.62. The molecule has 2 nitrogen and oxygen atoms in total. The Bertz CT molecular complexity index is 369. The van der Waals surface area contributed by atoms with Crippen LogP contribution >= 0.6 is 0 Å². The van der Waals surface area contributed by atoms with Gasteiger partial charge in [0.15, 0.2) is 5.78 Å².